The van der Waals surface area contributed by atoms with Gasteiger partial charge in [0.25, 0.3) is 0 Å². The van der Waals surface area contributed by atoms with Crippen molar-refractivity contribution in [3.8, 4) is 23.4 Å². The van der Waals surface area contributed by atoms with Crippen molar-refractivity contribution in [2.24, 2.45) is 0 Å². The highest BCUT2D eigenvalue weighted by Crippen LogP contribution is 2.32. The number of nitrogens with zero attached hydrogens (tertiary/aromatic N) is 3. The summed E-state index contributed by atoms with van der Waals surface area (Å²) in [5.41, 5.74) is 1.31. The molecular formula is C15H16N4O2. The van der Waals surface area contributed by atoms with Crippen LogP contribution in [0.5, 0.6) is 17.4 Å². The van der Waals surface area contributed by atoms with Gasteiger partial charge in [-0.1, -0.05) is 0 Å². The first-order valence-corrected chi connectivity index (χ1v) is 6.51. The third-order valence-corrected chi connectivity index (χ3v) is 2.76. The second-order valence-corrected chi connectivity index (χ2v) is 4.29. The molecule has 2 aromatic rings. The monoisotopic (exact) mass is 284 g/mol. The molecule has 0 amide bonds. The Bertz CT molecular complexity index is 680. The van der Waals surface area contributed by atoms with Gasteiger partial charge in [0.05, 0.1) is 18.7 Å². The zero-order valence-electron chi connectivity index (χ0n) is 12.2. The minimum Gasteiger partial charge on any atom is -0.493 e. The number of nitriles is 1. The van der Waals surface area contributed by atoms with E-state index in [9.17, 15) is 0 Å². The fourth-order valence-electron chi connectivity index (χ4n) is 1.70. The highest BCUT2D eigenvalue weighted by Gasteiger charge is 2.11. The Kier molecular flexibility index (Phi) is 4.57. The van der Waals surface area contributed by atoms with Crippen molar-refractivity contribution in [1.82, 2.24) is 9.97 Å². The zero-order valence-corrected chi connectivity index (χ0v) is 12.2. The molecule has 0 spiro atoms. The summed E-state index contributed by atoms with van der Waals surface area (Å²) in [6.45, 7) is 4.55. The van der Waals surface area contributed by atoms with Crippen LogP contribution in [-0.2, 0) is 0 Å². The molecule has 2 rings (SSSR count). The predicted molar refractivity (Wildman–Crippen MR) is 78.7 cm³/mol. The summed E-state index contributed by atoms with van der Waals surface area (Å²) < 4.78 is 11.0. The van der Waals surface area contributed by atoms with Crippen LogP contribution < -0.4 is 14.8 Å². The van der Waals surface area contributed by atoms with E-state index >= 15 is 0 Å². The Balaban J connectivity index is 2.33. The number of aryl methyl sites for hydroxylation is 1. The summed E-state index contributed by atoms with van der Waals surface area (Å²) in [6.07, 6.45) is 1.69. The number of rotatable bonds is 5. The molecule has 0 unspecified atom stereocenters. The van der Waals surface area contributed by atoms with E-state index in [1.807, 2.05) is 13.8 Å². The molecule has 0 radical (unpaired) electrons. The van der Waals surface area contributed by atoms with Crippen LogP contribution in [0, 0.1) is 18.3 Å². The maximum Gasteiger partial charge on any atom is 0.227 e. The molecule has 6 nitrogen and oxygen atoms in total. The van der Waals surface area contributed by atoms with Crippen molar-refractivity contribution in [3.63, 3.8) is 0 Å². The Morgan fingerprint density at radius 1 is 1.33 bits per heavy atom. The summed E-state index contributed by atoms with van der Waals surface area (Å²) in [7, 11) is 1.53. The number of nitrogens with one attached hydrogen (secondary N) is 1. The van der Waals surface area contributed by atoms with Crippen molar-refractivity contribution in [2.45, 2.75) is 13.8 Å². The third kappa shape index (κ3) is 3.39. The maximum absolute atomic E-state index is 8.90. The smallest absolute Gasteiger partial charge is 0.227 e. The van der Waals surface area contributed by atoms with Crippen LogP contribution in [0.15, 0.2) is 24.4 Å². The van der Waals surface area contributed by atoms with E-state index in [2.05, 4.69) is 21.4 Å². The number of ether oxygens (including phenoxy) is 2. The summed E-state index contributed by atoms with van der Waals surface area (Å²) >= 11 is 0. The Labute approximate surface area is 123 Å². The van der Waals surface area contributed by atoms with E-state index in [4.69, 9.17) is 14.7 Å². The lowest BCUT2D eigenvalue weighted by atomic mass is 10.2. The van der Waals surface area contributed by atoms with Gasteiger partial charge in [0, 0.05) is 24.4 Å². The van der Waals surface area contributed by atoms with E-state index in [-0.39, 0.29) is 0 Å². The predicted octanol–water partition coefficient (Wildman–Crippen LogP) is 2.89. The van der Waals surface area contributed by atoms with Crippen molar-refractivity contribution in [1.29, 1.82) is 5.26 Å². The Morgan fingerprint density at radius 2 is 2.14 bits per heavy atom. The average Bonchev–Trinajstić information content (AvgIpc) is 2.51. The highest BCUT2D eigenvalue weighted by molar-refractivity contribution is 5.48. The van der Waals surface area contributed by atoms with Crippen molar-refractivity contribution >= 4 is 5.95 Å². The minimum absolute atomic E-state index is 0.448. The third-order valence-electron chi connectivity index (χ3n) is 2.76. The van der Waals surface area contributed by atoms with Gasteiger partial charge in [0.1, 0.15) is 0 Å². The van der Waals surface area contributed by atoms with Gasteiger partial charge in [-0.25, -0.2) is 4.98 Å². The van der Waals surface area contributed by atoms with Gasteiger partial charge in [-0.15, -0.1) is 0 Å². The molecule has 0 bridgehead atoms. The van der Waals surface area contributed by atoms with Crippen LogP contribution in [0.25, 0.3) is 0 Å². The lowest BCUT2D eigenvalue weighted by Gasteiger charge is -2.12. The first-order chi connectivity index (χ1) is 10.2. The molecule has 6 heteroatoms. The molecule has 1 N–H and O–H groups in total. The zero-order chi connectivity index (χ0) is 15.2. The van der Waals surface area contributed by atoms with Crippen molar-refractivity contribution < 1.29 is 9.47 Å². The van der Waals surface area contributed by atoms with Gasteiger partial charge >= 0.3 is 0 Å². The van der Waals surface area contributed by atoms with E-state index in [1.165, 1.54) is 7.11 Å². The molecule has 0 aliphatic heterocycles. The largest absolute Gasteiger partial charge is 0.493 e. The topological polar surface area (TPSA) is 80.1 Å². The van der Waals surface area contributed by atoms with Gasteiger partial charge < -0.3 is 14.8 Å². The number of aromatic nitrogens is 2. The lowest BCUT2D eigenvalue weighted by Crippen LogP contribution is -2.04. The Morgan fingerprint density at radius 3 is 2.81 bits per heavy atom. The minimum atomic E-state index is 0.448. The summed E-state index contributed by atoms with van der Waals surface area (Å²) in [4.78, 5) is 8.47. The fourth-order valence-corrected chi connectivity index (χ4v) is 1.70. The summed E-state index contributed by atoms with van der Waals surface area (Å²) in [5, 5.41) is 11.9. The number of hydrogen-bond acceptors (Lipinski definition) is 6. The maximum atomic E-state index is 8.90. The highest BCUT2D eigenvalue weighted by atomic mass is 16.5. The molecule has 0 saturated heterocycles. The molecule has 21 heavy (non-hydrogen) atoms. The van der Waals surface area contributed by atoms with E-state index in [0.29, 0.717) is 28.9 Å². The van der Waals surface area contributed by atoms with Crippen LogP contribution in [0.3, 0.4) is 0 Å². The molecule has 0 atom stereocenters. The molecule has 0 saturated carbocycles. The SMILES string of the molecule is CCNc1ncc(C)c(Oc2ccc(C#N)cc2OC)n1. The Hall–Kier alpha value is -2.81. The molecule has 108 valence electrons. The van der Waals surface area contributed by atoms with Crippen LogP contribution in [0.4, 0.5) is 5.95 Å². The van der Waals surface area contributed by atoms with E-state index in [0.717, 1.165) is 12.1 Å². The van der Waals surface area contributed by atoms with Crippen LogP contribution in [-0.4, -0.2) is 23.6 Å². The molecule has 1 aromatic carbocycles. The van der Waals surface area contributed by atoms with Gasteiger partial charge in [-0.3, -0.25) is 0 Å². The summed E-state index contributed by atoms with van der Waals surface area (Å²) in [5.74, 6) is 1.94. The standard InChI is InChI=1S/C15H16N4O2/c1-4-17-15-18-9-10(2)14(19-15)21-12-6-5-11(8-16)7-13(12)20-3/h5-7,9H,4H2,1-3H3,(H,17,18,19). The lowest BCUT2D eigenvalue weighted by molar-refractivity contribution is 0.373. The second kappa shape index (κ2) is 6.57. The molecule has 0 aliphatic rings. The number of anilines is 1. The van der Waals surface area contributed by atoms with Crippen molar-refractivity contribution in [3.05, 3.63) is 35.5 Å². The fraction of sp³-hybridized carbons (Fsp3) is 0.267. The molecule has 0 fully saturated rings. The van der Waals surface area contributed by atoms with Crippen molar-refractivity contribution in [2.75, 3.05) is 19.0 Å². The van der Waals surface area contributed by atoms with Crippen LogP contribution >= 0.6 is 0 Å². The van der Waals surface area contributed by atoms with Gasteiger partial charge in [-0.05, 0) is 26.0 Å². The van der Waals surface area contributed by atoms with Gasteiger partial charge in [0.15, 0.2) is 11.5 Å². The molecule has 0 aliphatic carbocycles. The van der Waals surface area contributed by atoms with Gasteiger partial charge in [0.2, 0.25) is 11.8 Å². The number of hydrogen-bond donors (Lipinski definition) is 1. The molecule has 1 heterocycles. The summed E-state index contributed by atoms with van der Waals surface area (Å²) in [6, 6.07) is 7.03. The first-order valence-electron chi connectivity index (χ1n) is 6.51. The normalized spacial score (nSPS) is 9.81. The number of benzene rings is 1. The molecule has 1 aromatic heterocycles. The van der Waals surface area contributed by atoms with Crippen LogP contribution in [0.1, 0.15) is 18.1 Å². The quantitative estimate of drug-likeness (QED) is 0.909. The second-order valence-electron chi connectivity index (χ2n) is 4.29. The van der Waals surface area contributed by atoms with Crippen LogP contribution in [0.2, 0.25) is 0 Å². The first kappa shape index (κ1) is 14.6. The van der Waals surface area contributed by atoms with E-state index < -0.39 is 0 Å². The molecular weight excluding hydrogens is 268 g/mol. The average molecular weight is 284 g/mol. The van der Waals surface area contributed by atoms with E-state index in [1.54, 1.807) is 24.4 Å². The number of methoxy groups -OCH3 is 1. The van der Waals surface area contributed by atoms with Gasteiger partial charge in [-0.2, -0.15) is 10.2 Å².